The molecule has 3 N–H and O–H groups in total. The fourth-order valence-electron chi connectivity index (χ4n) is 4.98. The zero-order valence-electron chi connectivity index (χ0n) is 19.9. The first-order chi connectivity index (χ1) is 16.9. The summed E-state index contributed by atoms with van der Waals surface area (Å²) >= 11 is 0. The van der Waals surface area contributed by atoms with Crippen LogP contribution >= 0.6 is 0 Å². The Hall–Kier alpha value is -3.39. The number of benzene rings is 2. The molecule has 1 aliphatic carbocycles. The Labute approximate surface area is 205 Å². The number of amides is 2. The van der Waals surface area contributed by atoms with E-state index in [2.05, 4.69) is 22.8 Å². The van der Waals surface area contributed by atoms with Gasteiger partial charge in [-0.15, -0.1) is 0 Å². The molecule has 35 heavy (non-hydrogen) atoms. The third-order valence-electron chi connectivity index (χ3n) is 6.94. The standard InChI is InChI=1S/C27H32N2O6/c1-17(18-12-14-34-15-13-18)28-26(32)24(10-11-25(30)31)29-27(33)35-16-23-21-8-4-2-6-19(21)20-7-3-5-9-22(20)23/h2-9,17-18,23-24H,10-16H2,1H3,(H,28,32)(H,29,33)(H,30,31). The maximum atomic E-state index is 12.9. The first kappa shape index (κ1) is 24.7. The fourth-order valence-corrected chi connectivity index (χ4v) is 4.98. The molecule has 0 aromatic heterocycles. The number of alkyl carbamates (subject to hydrolysis) is 1. The van der Waals surface area contributed by atoms with Crippen molar-refractivity contribution < 1.29 is 29.0 Å². The molecule has 8 heteroatoms. The number of carbonyl (C=O) groups is 3. The van der Waals surface area contributed by atoms with Gasteiger partial charge in [0.15, 0.2) is 0 Å². The van der Waals surface area contributed by atoms with Crippen LogP contribution in [0, 0.1) is 5.92 Å². The van der Waals surface area contributed by atoms with Crippen LogP contribution in [0.5, 0.6) is 0 Å². The van der Waals surface area contributed by atoms with Gasteiger partial charge >= 0.3 is 12.1 Å². The van der Waals surface area contributed by atoms with E-state index >= 15 is 0 Å². The van der Waals surface area contributed by atoms with Crippen molar-refractivity contribution in [1.82, 2.24) is 10.6 Å². The van der Waals surface area contributed by atoms with E-state index in [-0.39, 0.29) is 37.3 Å². The summed E-state index contributed by atoms with van der Waals surface area (Å²) < 4.78 is 10.9. The zero-order chi connectivity index (χ0) is 24.8. The minimum Gasteiger partial charge on any atom is -0.481 e. The lowest BCUT2D eigenvalue weighted by Crippen LogP contribution is -2.51. The summed E-state index contributed by atoms with van der Waals surface area (Å²) in [5.74, 6) is -1.26. The molecule has 2 amide bonds. The van der Waals surface area contributed by atoms with Gasteiger partial charge in [0.25, 0.3) is 0 Å². The van der Waals surface area contributed by atoms with Crippen LogP contribution in [0.3, 0.4) is 0 Å². The third kappa shape index (κ3) is 6.00. The molecule has 8 nitrogen and oxygen atoms in total. The van der Waals surface area contributed by atoms with Crippen LogP contribution in [0.4, 0.5) is 4.79 Å². The molecule has 0 spiro atoms. The van der Waals surface area contributed by atoms with Crippen LogP contribution in [0.15, 0.2) is 48.5 Å². The second-order valence-electron chi connectivity index (χ2n) is 9.20. The number of hydrogen-bond acceptors (Lipinski definition) is 5. The molecule has 1 aliphatic heterocycles. The molecule has 0 bridgehead atoms. The number of carboxylic acid groups (broad SMARTS) is 1. The van der Waals surface area contributed by atoms with Gasteiger partial charge in [-0.2, -0.15) is 0 Å². The van der Waals surface area contributed by atoms with Crippen molar-refractivity contribution in [3.63, 3.8) is 0 Å². The van der Waals surface area contributed by atoms with Gasteiger partial charge in [0.05, 0.1) is 0 Å². The van der Waals surface area contributed by atoms with Crippen molar-refractivity contribution in [3.8, 4) is 11.1 Å². The molecule has 2 aliphatic rings. The predicted octanol–water partition coefficient (Wildman–Crippen LogP) is 3.69. The van der Waals surface area contributed by atoms with Crippen molar-refractivity contribution in [1.29, 1.82) is 0 Å². The molecule has 0 radical (unpaired) electrons. The third-order valence-corrected chi connectivity index (χ3v) is 6.94. The lowest BCUT2D eigenvalue weighted by atomic mass is 9.92. The quantitative estimate of drug-likeness (QED) is 0.504. The van der Waals surface area contributed by atoms with Gasteiger partial charge in [-0.05, 0) is 54.4 Å². The van der Waals surface area contributed by atoms with E-state index in [1.54, 1.807) is 0 Å². The monoisotopic (exact) mass is 480 g/mol. The minimum absolute atomic E-state index is 0.0220. The van der Waals surface area contributed by atoms with Crippen LogP contribution in [-0.2, 0) is 19.1 Å². The van der Waals surface area contributed by atoms with E-state index in [0.29, 0.717) is 13.2 Å². The second kappa shape index (κ2) is 11.4. The average Bonchev–Trinajstić information content (AvgIpc) is 3.19. The Bertz CT molecular complexity index is 1020. The highest BCUT2D eigenvalue weighted by Crippen LogP contribution is 2.44. The predicted molar refractivity (Wildman–Crippen MR) is 130 cm³/mol. The Morgan fingerprint density at radius 3 is 2.20 bits per heavy atom. The Morgan fingerprint density at radius 2 is 1.60 bits per heavy atom. The van der Waals surface area contributed by atoms with Gasteiger partial charge in [0.2, 0.25) is 5.91 Å². The lowest BCUT2D eigenvalue weighted by molar-refractivity contribution is -0.137. The number of aliphatic carboxylic acids is 1. The number of rotatable bonds is 9. The fraction of sp³-hybridized carbons (Fsp3) is 0.444. The van der Waals surface area contributed by atoms with Gasteiger partial charge < -0.3 is 25.2 Å². The summed E-state index contributed by atoms with van der Waals surface area (Å²) in [6.07, 6.45) is 0.692. The zero-order valence-corrected chi connectivity index (χ0v) is 19.9. The Morgan fingerprint density at radius 1 is 1.00 bits per heavy atom. The van der Waals surface area contributed by atoms with Gasteiger partial charge in [0, 0.05) is 31.6 Å². The number of carboxylic acids is 1. The van der Waals surface area contributed by atoms with Crippen molar-refractivity contribution in [2.24, 2.45) is 5.92 Å². The van der Waals surface area contributed by atoms with Crippen molar-refractivity contribution in [3.05, 3.63) is 59.7 Å². The van der Waals surface area contributed by atoms with Crippen molar-refractivity contribution in [2.45, 2.75) is 50.6 Å². The highest BCUT2D eigenvalue weighted by Gasteiger charge is 2.31. The van der Waals surface area contributed by atoms with E-state index in [1.165, 1.54) is 0 Å². The van der Waals surface area contributed by atoms with Crippen molar-refractivity contribution >= 4 is 18.0 Å². The molecule has 4 rings (SSSR count). The number of hydrogen-bond donors (Lipinski definition) is 3. The molecule has 1 saturated heterocycles. The van der Waals surface area contributed by atoms with Crippen LogP contribution in [0.25, 0.3) is 11.1 Å². The molecule has 1 fully saturated rings. The van der Waals surface area contributed by atoms with E-state index < -0.39 is 24.0 Å². The number of carbonyl (C=O) groups excluding carboxylic acids is 2. The molecule has 186 valence electrons. The molecule has 2 aromatic rings. The SMILES string of the molecule is CC(NC(=O)C(CCC(=O)O)NC(=O)OCC1c2ccccc2-c2ccccc21)C1CCOCC1. The summed E-state index contributed by atoms with van der Waals surface area (Å²) in [6.45, 7) is 3.36. The summed E-state index contributed by atoms with van der Waals surface area (Å²) in [4.78, 5) is 36.7. The van der Waals surface area contributed by atoms with Gasteiger partial charge in [-0.25, -0.2) is 4.79 Å². The molecular formula is C27H32N2O6. The van der Waals surface area contributed by atoms with Crippen LogP contribution < -0.4 is 10.6 Å². The number of ether oxygens (including phenoxy) is 2. The van der Waals surface area contributed by atoms with Gasteiger partial charge in [0.1, 0.15) is 12.6 Å². The molecular weight excluding hydrogens is 448 g/mol. The van der Waals surface area contributed by atoms with E-state index in [4.69, 9.17) is 14.6 Å². The molecule has 1 heterocycles. The van der Waals surface area contributed by atoms with Crippen LogP contribution in [0.2, 0.25) is 0 Å². The van der Waals surface area contributed by atoms with E-state index in [1.807, 2.05) is 43.3 Å². The topological polar surface area (TPSA) is 114 Å². The number of fused-ring (bicyclic) bond motifs is 3. The smallest absolute Gasteiger partial charge is 0.407 e. The normalized spacial score (nSPS) is 17.1. The maximum absolute atomic E-state index is 12.9. The second-order valence-corrected chi connectivity index (χ2v) is 9.20. The first-order valence-corrected chi connectivity index (χ1v) is 12.2. The molecule has 2 unspecified atom stereocenters. The molecule has 2 aromatic carbocycles. The average molecular weight is 481 g/mol. The lowest BCUT2D eigenvalue weighted by Gasteiger charge is -2.29. The highest BCUT2D eigenvalue weighted by molar-refractivity contribution is 5.86. The largest absolute Gasteiger partial charge is 0.481 e. The van der Waals surface area contributed by atoms with E-state index in [9.17, 15) is 14.4 Å². The van der Waals surface area contributed by atoms with Crippen LogP contribution in [-0.4, -0.2) is 55.0 Å². The summed E-state index contributed by atoms with van der Waals surface area (Å²) in [5.41, 5.74) is 4.43. The Balaban J connectivity index is 1.38. The van der Waals surface area contributed by atoms with Crippen molar-refractivity contribution in [2.75, 3.05) is 19.8 Å². The highest BCUT2D eigenvalue weighted by atomic mass is 16.5. The van der Waals surface area contributed by atoms with Gasteiger partial charge in [-0.1, -0.05) is 48.5 Å². The minimum atomic E-state index is -1.03. The summed E-state index contributed by atoms with van der Waals surface area (Å²) in [6, 6.07) is 15.0. The van der Waals surface area contributed by atoms with Gasteiger partial charge in [-0.3, -0.25) is 9.59 Å². The molecule has 0 saturated carbocycles. The van der Waals surface area contributed by atoms with E-state index in [0.717, 1.165) is 35.1 Å². The summed E-state index contributed by atoms with van der Waals surface area (Å²) in [7, 11) is 0. The first-order valence-electron chi connectivity index (χ1n) is 12.2. The number of nitrogens with one attached hydrogen (secondary N) is 2. The summed E-state index contributed by atoms with van der Waals surface area (Å²) in [5, 5.41) is 14.6. The molecule has 2 atom stereocenters. The van der Waals surface area contributed by atoms with Crippen LogP contribution in [0.1, 0.15) is 49.7 Å². The Kier molecular flexibility index (Phi) is 8.02. The maximum Gasteiger partial charge on any atom is 0.407 e.